The molecule has 7 heteroatoms. The molecule has 2 aliphatic heterocycles. The number of carbonyl (C=O) groups excluding carboxylic acids is 1. The minimum Gasteiger partial charge on any atom is -0.492 e. The maximum absolute atomic E-state index is 12.5. The average Bonchev–Trinajstić information content (AvgIpc) is 3.39. The van der Waals surface area contributed by atoms with Crippen LogP contribution in [-0.4, -0.2) is 53.7 Å². The van der Waals surface area contributed by atoms with Crippen LogP contribution in [-0.2, 0) is 14.3 Å². The first-order chi connectivity index (χ1) is 14.4. The Labute approximate surface area is 180 Å². The molecule has 2 fully saturated rings. The number of hydrogen-bond donors (Lipinski definition) is 1. The van der Waals surface area contributed by atoms with Gasteiger partial charge < -0.3 is 14.6 Å². The van der Waals surface area contributed by atoms with Crippen molar-refractivity contribution in [2.45, 2.75) is 49.7 Å². The molecule has 1 spiro atoms. The van der Waals surface area contributed by atoms with Gasteiger partial charge in [0.15, 0.2) is 5.78 Å². The molecule has 5 rings (SSSR count). The van der Waals surface area contributed by atoms with Crippen molar-refractivity contribution < 1.29 is 24.2 Å². The highest BCUT2D eigenvalue weighted by atomic mass is 35.5. The van der Waals surface area contributed by atoms with Crippen molar-refractivity contribution in [2.75, 3.05) is 20.3 Å². The summed E-state index contributed by atoms with van der Waals surface area (Å²) in [7, 11) is 1.66. The number of methoxy groups -OCH3 is 1. The van der Waals surface area contributed by atoms with Crippen molar-refractivity contribution in [2.24, 2.45) is 0 Å². The van der Waals surface area contributed by atoms with E-state index in [-0.39, 0.29) is 23.2 Å². The Morgan fingerprint density at radius 1 is 1.30 bits per heavy atom. The van der Waals surface area contributed by atoms with Gasteiger partial charge in [0.1, 0.15) is 11.3 Å². The van der Waals surface area contributed by atoms with E-state index in [0.29, 0.717) is 24.0 Å². The van der Waals surface area contributed by atoms with E-state index >= 15 is 0 Å². The molecule has 0 bridgehead atoms. The van der Waals surface area contributed by atoms with Gasteiger partial charge in [0.2, 0.25) is 0 Å². The molecule has 0 amide bonds. The lowest BCUT2D eigenvalue weighted by atomic mass is 9.80. The van der Waals surface area contributed by atoms with E-state index in [1.54, 1.807) is 13.2 Å². The van der Waals surface area contributed by atoms with E-state index in [1.165, 1.54) is 6.08 Å². The lowest BCUT2D eigenvalue weighted by Gasteiger charge is -2.44. The van der Waals surface area contributed by atoms with Crippen molar-refractivity contribution in [3.63, 3.8) is 0 Å². The molecule has 1 saturated heterocycles. The number of carbonyl (C=O) groups is 2. The highest BCUT2D eigenvalue weighted by Crippen LogP contribution is 2.62. The van der Waals surface area contributed by atoms with E-state index in [4.69, 9.17) is 21.1 Å². The molecule has 2 heterocycles. The molecule has 2 aliphatic carbocycles. The zero-order valence-electron chi connectivity index (χ0n) is 16.8. The lowest BCUT2D eigenvalue weighted by Crippen LogP contribution is -2.46. The number of halogens is 1. The fourth-order valence-electron chi connectivity index (χ4n) is 5.32. The van der Waals surface area contributed by atoms with Crippen molar-refractivity contribution in [3.05, 3.63) is 46.0 Å². The second-order valence-electron chi connectivity index (χ2n) is 8.55. The fraction of sp³-hybridized carbons (Fsp3) is 0.478. The number of rotatable bonds is 6. The zero-order chi connectivity index (χ0) is 21.0. The van der Waals surface area contributed by atoms with Gasteiger partial charge in [0.25, 0.3) is 0 Å². The van der Waals surface area contributed by atoms with Gasteiger partial charge in [-0.2, -0.15) is 0 Å². The van der Waals surface area contributed by atoms with Crippen LogP contribution in [0.25, 0.3) is 5.57 Å². The number of ether oxygens (including phenoxy) is 2. The summed E-state index contributed by atoms with van der Waals surface area (Å²) in [6.07, 6.45) is 8.22. The lowest BCUT2D eigenvalue weighted by molar-refractivity contribution is -0.134. The molecule has 1 aromatic rings. The van der Waals surface area contributed by atoms with E-state index < -0.39 is 11.8 Å². The van der Waals surface area contributed by atoms with Crippen LogP contribution in [0.5, 0.6) is 5.75 Å². The van der Waals surface area contributed by atoms with Crippen LogP contribution in [0.2, 0.25) is 5.02 Å². The Kier molecular flexibility index (Phi) is 4.76. The molecule has 0 radical (unpaired) electrons. The maximum atomic E-state index is 12.5. The van der Waals surface area contributed by atoms with Crippen molar-refractivity contribution >= 4 is 28.9 Å². The quantitative estimate of drug-likeness (QED) is 0.547. The standard InChI is InChI=1S/C23H24ClNO5/c1-29-7-2-8-30-21-12-15-13(9-17(21)24)14-11-20(26)16(22(27)28)10-19(14)25-18(15)3-4-23(25)5-6-23/h9-12,18-19H,2-8H2,1H3,(H,27,28)/t18-,19?/m1/s1. The number of ketones is 1. The molecule has 4 aliphatic rings. The number of fused-ring (bicyclic) bond motifs is 7. The third-order valence-electron chi connectivity index (χ3n) is 6.84. The van der Waals surface area contributed by atoms with Gasteiger partial charge in [-0.3, -0.25) is 9.69 Å². The highest BCUT2D eigenvalue weighted by molar-refractivity contribution is 6.32. The number of allylic oxidation sites excluding steroid dienone is 1. The van der Waals surface area contributed by atoms with Gasteiger partial charge in [0.05, 0.1) is 17.7 Å². The van der Waals surface area contributed by atoms with Crippen LogP contribution in [0.3, 0.4) is 0 Å². The van der Waals surface area contributed by atoms with Crippen LogP contribution in [0.4, 0.5) is 0 Å². The third-order valence-corrected chi connectivity index (χ3v) is 7.14. The summed E-state index contributed by atoms with van der Waals surface area (Å²) in [5.41, 5.74) is 2.87. The molecule has 0 aromatic heterocycles. The normalized spacial score (nSPS) is 25.9. The number of benzene rings is 1. The Morgan fingerprint density at radius 3 is 2.80 bits per heavy atom. The number of carboxylic acids is 1. The first kappa shape index (κ1) is 19.8. The number of carboxylic acid groups (broad SMARTS) is 1. The van der Waals surface area contributed by atoms with Gasteiger partial charge in [-0.25, -0.2) is 4.79 Å². The monoisotopic (exact) mass is 429 g/mol. The second-order valence-corrected chi connectivity index (χ2v) is 8.95. The topological polar surface area (TPSA) is 76.1 Å². The number of aliphatic carboxylic acids is 1. The summed E-state index contributed by atoms with van der Waals surface area (Å²) < 4.78 is 11.0. The van der Waals surface area contributed by atoms with Gasteiger partial charge >= 0.3 is 5.97 Å². The van der Waals surface area contributed by atoms with Gasteiger partial charge in [-0.1, -0.05) is 11.6 Å². The predicted molar refractivity (Wildman–Crippen MR) is 112 cm³/mol. The molecule has 6 nitrogen and oxygen atoms in total. The van der Waals surface area contributed by atoms with Crippen LogP contribution >= 0.6 is 11.6 Å². The predicted octanol–water partition coefficient (Wildman–Crippen LogP) is 3.78. The van der Waals surface area contributed by atoms with Crippen molar-refractivity contribution in [1.29, 1.82) is 0 Å². The Morgan fingerprint density at radius 2 is 2.10 bits per heavy atom. The third kappa shape index (κ3) is 3.01. The Hall–Kier alpha value is -2.15. The minimum atomic E-state index is -1.17. The van der Waals surface area contributed by atoms with Crippen LogP contribution in [0.15, 0.2) is 29.9 Å². The highest BCUT2D eigenvalue weighted by Gasteiger charge is 2.59. The molecule has 1 N–H and O–H groups in total. The molecule has 158 valence electrons. The van der Waals surface area contributed by atoms with E-state index in [9.17, 15) is 14.7 Å². The molecular formula is C23H24ClNO5. The molecule has 2 atom stereocenters. The van der Waals surface area contributed by atoms with Gasteiger partial charge in [0, 0.05) is 31.7 Å². The summed E-state index contributed by atoms with van der Waals surface area (Å²) in [5.74, 6) is -0.982. The number of hydrogen-bond acceptors (Lipinski definition) is 5. The Balaban J connectivity index is 1.58. The van der Waals surface area contributed by atoms with E-state index in [2.05, 4.69) is 4.90 Å². The first-order valence-corrected chi connectivity index (χ1v) is 10.8. The van der Waals surface area contributed by atoms with Crippen LogP contribution in [0, 0.1) is 0 Å². The number of nitrogens with zero attached hydrogens (tertiary/aromatic N) is 1. The van der Waals surface area contributed by atoms with Crippen molar-refractivity contribution in [3.8, 4) is 5.75 Å². The van der Waals surface area contributed by atoms with Crippen molar-refractivity contribution in [1.82, 2.24) is 4.90 Å². The Bertz CT molecular complexity index is 994. The summed E-state index contributed by atoms with van der Waals surface area (Å²) in [4.78, 5) is 26.6. The molecule has 30 heavy (non-hydrogen) atoms. The fourth-order valence-corrected chi connectivity index (χ4v) is 5.54. The molecule has 1 aromatic carbocycles. The smallest absolute Gasteiger partial charge is 0.339 e. The van der Waals surface area contributed by atoms with Gasteiger partial charge in [-0.05, 0) is 66.7 Å². The maximum Gasteiger partial charge on any atom is 0.339 e. The SMILES string of the molecule is COCCCOc1cc2c(cc1Cl)C1=CC(=O)C(C(=O)O)=CC1N1[C@@H]2CCC12CC2. The van der Waals surface area contributed by atoms with Crippen LogP contribution in [0.1, 0.15) is 49.3 Å². The average molecular weight is 430 g/mol. The zero-order valence-corrected chi connectivity index (χ0v) is 17.6. The van der Waals surface area contributed by atoms with E-state index in [0.717, 1.165) is 48.8 Å². The summed E-state index contributed by atoms with van der Waals surface area (Å²) >= 11 is 6.54. The molecule has 1 unspecified atom stereocenters. The minimum absolute atomic E-state index is 0.117. The first-order valence-electron chi connectivity index (χ1n) is 10.4. The molecule has 1 saturated carbocycles. The second kappa shape index (κ2) is 7.22. The summed E-state index contributed by atoms with van der Waals surface area (Å²) in [6.45, 7) is 1.13. The summed E-state index contributed by atoms with van der Waals surface area (Å²) in [5, 5.41) is 10.00. The van der Waals surface area contributed by atoms with Gasteiger partial charge in [-0.15, -0.1) is 0 Å². The summed E-state index contributed by atoms with van der Waals surface area (Å²) in [6, 6.07) is 3.86. The van der Waals surface area contributed by atoms with E-state index in [1.807, 2.05) is 12.1 Å². The largest absolute Gasteiger partial charge is 0.492 e. The van der Waals surface area contributed by atoms with Crippen LogP contribution < -0.4 is 4.74 Å². The molecular weight excluding hydrogens is 406 g/mol.